The van der Waals surface area contributed by atoms with Gasteiger partial charge < -0.3 is 10.6 Å². The molecule has 2 aromatic rings. The van der Waals surface area contributed by atoms with Gasteiger partial charge in [0.2, 0.25) is 0 Å². The van der Waals surface area contributed by atoms with Gasteiger partial charge in [-0.25, -0.2) is 0 Å². The molecule has 1 saturated heterocycles. The lowest BCUT2D eigenvalue weighted by Gasteiger charge is -2.27. The fourth-order valence-corrected chi connectivity index (χ4v) is 2.87. The number of anilines is 1. The molecule has 21 heavy (non-hydrogen) atoms. The van der Waals surface area contributed by atoms with E-state index in [0.29, 0.717) is 5.69 Å². The van der Waals surface area contributed by atoms with Crippen molar-refractivity contribution in [1.82, 2.24) is 4.90 Å². The van der Waals surface area contributed by atoms with Gasteiger partial charge >= 0.3 is 0 Å². The first-order chi connectivity index (χ1) is 10.3. The van der Waals surface area contributed by atoms with Crippen LogP contribution in [0, 0.1) is 0 Å². The van der Waals surface area contributed by atoms with Crippen molar-refractivity contribution in [1.29, 1.82) is 0 Å². The van der Waals surface area contributed by atoms with Crippen molar-refractivity contribution >= 4 is 11.6 Å². The second kappa shape index (κ2) is 6.00. The van der Waals surface area contributed by atoms with Crippen LogP contribution in [0.1, 0.15) is 29.6 Å². The number of hydrogen-bond acceptors (Lipinski definition) is 2. The van der Waals surface area contributed by atoms with Crippen LogP contribution in [0.4, 0.5) is 5.69 Å². The highest BCUT2D eigenvalue weighted by molar-refractivity contribution is 6.01. The Kier molecular flexibility index (Phi) is 3.91. The first-order valence-electron chi connectivity index (χ1n) is 7.50. The van der Waals surface area contributed by atoms with Crippen LogP contribution in [0.2, 0.25) is 0 Å². The molecule has 0 saturated carbocycles. The van der Waals surface area contributed by atoms with Crippen molar-refractivity contribution in [3.63, 3.8) is 0 Å². The summed E-state index contributed by atoms with van der Waals surface area (Å²) in [4.78, 5) is 14.8. The molecule has 1 heterocycles. The molecule has 0 aromatic heterocycles. The minimum absolute atomic E-state index is 0.119. The zero-order valence-corrected chi connectivity index (χ0v) is 12.1. The number of carbonyl (C=O) groups is 1. The molecule has 0 bridgehead atoms. The van der Waals surface area contributed by atoms with Crippen LogP contribution < -0.4 is 5.73 Å². The molecule has 1 aliphatic heterocycles. The Bertz CT molecular complexity index is 631. The number of carbonyl (C=O) groups excluding carboxylic acids is 1. The van der Waals surface area contributed by atoms with E-state index in [1.807, 2.05) is 53.4 Å². The molecule has 3 rings (SSSR count). The van der Waals surface area contributed by atoms with Crippen molar-refractivity contribution < 1.29 is 4.79 Å². The van der Waals surface area contributed by atoms with Gasteiger partial charge in [0.05, 0.1) is 0 Å². The van der Waals surface area contributed by atoms with Crippen LogP contribution in [0.3, 0.4) is 0 Å². The van der Waals surface area contributed by atoms with E-state index in [1.54, 1.807) is 0 Å². The third-order valence-corrected chi connectivity index (χ3v) is 4.00. The molecule has 1 amide bonds. The van der Waals surface area contributed by atoms with Crippen molar-refractivity contribution in [2.24, 2.45) is 0 Å². The summed E-state index contributed by atoms with van der Waals surface area (Å²) in [5, 5.41) is 0. The Morgan fingerprint density at radius 3 is 2.38 bits per heavy atom. The summed E-state index contributed by atoms with van der Waals surface area (Å²) in [6, 6.07) is 15.5. The first-order valence-corrected chi connectivity index (χ1v) is 7.50. The maximum absolute atomic E-state index is 12.8. The summed E-state index contributed by atoms with van der Waals surface area (Å²) in [5.74, 6) is 0.119. The number of nitrogen functional groups attached to an aromatic ring is 1. The van der Waals surface area contributed by atoms with E-state index in [9.17, 15) is 4.79 Å². The number of piperidine rings is 1. The second-order valence-electron chi connectivity index (χ2n) is 5.52. The Labute approximate surface area is 125 Å². The molecule has 1 fully saturated rings. The molecule has 0 aliphatic carbocycles. The zero-order valence-electron chi connectivity index (χ0n) is 12.1. The number of benzene rings is 2. The van der Waals surface area contributed by atoms with Crippen LogP contribution in [0.5, 0.6) is 0 Å². The van der Waals surface area contributed by atoms with Gasteiger partial charge in [0, 0.05) is 24.3 Å². The van der Waals surface area contributed by atoms with Crippen LogP contribution >= 0.6 is 0 Å². The second-order valence-corrected chi connectivity index (χ2v) is 5.52. The average Bonchev–Trinajstić information content (AvgIpc) is 2.56. The number of nitrogens with zero attached hydrogens (tertiary/aromatic N) is 1. The number of nitrogens with two attached hydrogens (primary N) is 1. The number of likely N-dealkylation sites (tertiary alicyclic amines) is 1. The summed E-state index contributed by atoms with van der Waals surface area (Å²) in [7, 11) is 0. The molecule has 2 N–H and O–H groups in total. The number of amides is 1. The Hall–Kier alpha value is -2.29. The van der Waals surface area contributed by atoms with Crippen molar-refractivity contribution in [2.45, 2.75) is 19.3 Å². The molecule has 3 heteroatoms. The minimum atomic E-state index is 0.119. The lowest BCUT2D eigenvalue weighted by molar-refractivity contribution is 0.0725. The maximum atomic E-state index is 12.8. The summed E-state index contributed by atoms with van der Waals surface area (Å²) < 4.78 is 0. The van der Waals surface area contributed by atoms with Gasteiger partial charge in [0.15, 0.2) is 0 Å². The van der Waals surface area contributed by atoms with Gasteiger partial charge in [0.25, 0.3) is 5.91 Å². The molecule has 108 valence electrons. The van der Waals surface area contributed by atoms with Gasteiger partial charge in [-0.1, -0.05) is 30.3 Å². The SMILES string of the molecule is Nc1ccc(C(=O)N2CCCCC2)c(-c2ccccc2)c1. The van der Waals surface area contributed by atoms with Gasteiger partial charge in [-0.2, -0.15) is 0 Å². The largest absolute Gasteiger partial charge is 0.399 e. The highest BCUT2D eigenvalue weighted by Crippen LogP contribution is 2.27. The summed E-state index contributed by atoms with van der Waals surface area (Å²) >= 11 is 0. The van der Waals surface area contributed by atoms with Crippen molar-refractivity contribution in [3.8, 4) is 11.1 Å². The highest BCUT2D eigenvalue weighted by atomic mass is 16.2. The summed E-state index contributed by atoms with van der Waals surface area (Å²) in [6.07, 6.45) is 3.42. The summed E-state index contributed by atoms with van der Waals surface area (Å²) in [5.41, 5.74) is 9.31. The average molecular weight is 280 g/mol. The quantitative estimate of drug-likeness (QED) is 0.855. The normalized spacial score (nSPS) is 15.0. The smallest absolute Gasteiger partial charge is 0.254 e. The fraction of sp³-hybridized carbons (Fsp3) is 0.278. The van der Waals surface area contributed by atoms with Crippen molar-refractivity contribution in [2.75, 3.05) is 18.8 Å². The predicted octanol–water partition coefficient (Wildman–Crippen LogP) is 3.56. The molecule has 0 radical (unpaired) electrons. The van der Waals surface area contributed by atoms with Gasteiger partial charge in [-0.3, -0.25) is 4.79 Å². The molecular formula is C18H20N2O. The van der Waals surface area contributed by atoms with Gasteiger partial charge in [0.1, 0.15) is 0 Å². The molecule has 0 spiro atoms. The Balaban J connectivity index is 2.00. The fourth-order valence-electron chi connectivity index (χ4n) is 2.87. The highest BCUT2D eigenvalue weighted by Gasteiger charge is 2.21. The molecule has 1 aliphatic rings. The number of hydrogen-bond donors (Lipinski definition) is 1. The van der Waals surface area contributed by atoms with E-state index >= 15 is 0 Å². The van der Waals surface area contributed by atoms with Crippen LogP contribution in [0.25, 0.3) is 11.1 Å². The zero-order chi connectivity index (χ0) is 14.7. The first kappa shape index (κ1) is 13.7. The molecule has 0 unspecified atom stereocenters. The van der Waals surface area contributed by atoms with Gasteiger partial charge in [-0.15, -0.1) is 0 Å². The molecule has 3 nitrogen and oxygen atoms in total. The van der Waals surface area contributed by atoms with E-state index in [2.05, 4.69) is 0 Å². The maximum Gasteiger partial charge on any atom is 0.254 e. The lowest BCUT2D eigenvalue weighted by atomic mass is 9.97. The molecular weight excluding hydrogens is 260 g/mol. The molecule has 2 aromatic carbocycles. The predicted molar refractivity (Wildman–Crippen MR) is 86.0 cm³/mol. The monoisotopic (exact) mass is 280 g/mol. The van der Waals surface area contributed by atoms with Crippen molar-refractivity contribution in [3.05, 3.63) is 54.1 Å². The third-order valence-electron chi connectivity index (χ3n) is 4.00. The Morgan fingerprint density at radius 1 is 0.952 bits per heavy atom. The summed E-state index contributed by atoms with van der Waals surface area (Å²) in [6.45, 7) is 1.72. The standard InChI is InChI=1S/C18H20N2O/c19-15-9-10-16(18(21)20-11-5-2-6-12-20)17(13-15)14-7-3-1-4-8-14/h1,3-4,7-10,13H,2,5-6,11-12,19H2. The van der Waals surface area contributed by atoms with Crippen LogP contribution in [-0.2, 0) is 0 Å². The van der Waals surface area contributed by atoms with Crippen LogP contribution in [-0.4, -0.2) is 23.9 Å². The minimum Gasteiger partial charge on any atom is -0.399 e. The van der Waals surface area contributed by atoms with E-state index < -0.39 is 0 Å². The molecule has 0 atom stereocenters. The lowest BCUT2D eigenvalue weighted by Crippen LogP contribution is -2.35. The Morgan fingerprint density at radius 2 is 1.67 bits per heavy atom. The number of rotatable bonds is 2. The van der Waals surface area contributed by atoms with Gasteiger partial charge in [-0.05, 0) is 48.6 Å². The third kappa shape index (κ3) is 2.92. The van der Waals surface area contributed by atoms with E-state index in [0.717, 1.165) is 42.6 Å². The van der Waals surface area contributed by atoms with E-state index in [-0.39, 0.29) is 5.91 Å². The van der Waals surface area contributed by atoms with E-state index in [1.165, 1.54) is 6.42 Å². The van der Waals surface area contributed by atoms with E-state index in [4.69, 9.17) is 5.73 Å². The topological polar surface area (TPSA) is 46.3 Å². The van der Waals surface area contributed by atoms with Crippen LogP contribution in [0.15, 0.2) is 48.5 Å².